The molecular weight excluding hydrogens is 200 g/mol. The summed E-state index contributed by atoms with van der Waals surface area (Å²) < 4.78 is 4.87. The van der Waals surface area contributed by atoms with Gasteiger partial charge in [-0.3, -0.25) is 9.79 Å². The molecule has 0 fully saturated rings. The van der Waals surface area contributed by atoms with Gasteiger partial charge in [0.15, 0.2) is 0 Å². The molecule has 0 aromatic carbocycles. The third-order valence-corrected chi connectivity index (χ3v) is 3.31. The Morgan fingerprint density at radius 3 is 3.07 bits per heavy atom. The zero-order valence-corrected chi connectivity index (χ0v) is 9.13. The molecule has 0 bridgehead atoms. The fourth-order valence-corrected chi connectivity index (χ4v) is 2.20. The highest BCUT2D eigenvalue weighted by Gasteiger charge is 2.21. The van der Waals surface area contributed by atoms with Gasteiger partial charge < -0.3 is 10.5 Å². The van der Waals surface area contributed by atoms with Crippen LogP contribution in [0.25, 0.3) is 0 Å². The molecular formula is C9H16N2O2S. The van der Waals surface area contributed by atoms with Gasteiger partial charge in [-0.15, -0.1) is 11.8 Å². The maximum absolute atomic E-state index is 11.1. The van der Waals surface area contributed by atoms with E-state index in [2.05, 4.69) is 11.9 Å². The van der Waals surface area contributed by atoms with Gasteiger partial charge in [-0.05, 0) is 13.3 Å². The number of rotatable bonds is 5. The van der Waals surface area contributed by atoms with Crippen molar-refractivity contribution < 1.29 is 9.53 Å². The van der Waals surface area contributed by atoms with E-state index in [0.717, 1.165) is 6.42 Å². The number of nitrogens with zero attached hydrogens (tertiary/aromatic N) is 1. The minimum absolute atomic E-state index is 0.157. The summed E-state index contributed by atoms with van der Waals surface area (Å²) in [6.45, 7) is 2.78. The van der Waals surface area contributed by atoms with Crippen molar-refractivity contribution in [3.05, 3.63) is 0 Å². The molecule has 0 spiro atoms. The molecule has 0 aromatic heterocycles. The lowest BCUT2D eigenvalue weighted by atomic mass is 10.1. The highest BCUT2D eigenvalue weighted by Crippen LogP contribution is 2.25. The van der Waals surface area contributed by atoms with Crippen LogP contribution >= 0.6 is 11.8 Å². The number of hydrogen-bond acceptors (Lipinski definition) is 5. The smallest absolute Gasteiger partial charge is 0.305 e. The summed E-state index contributed by atoms with van der Waals surface area (Å²) >= 11 is 1.69. The Morgan fingerprint density at radius 2 is 2.50 bits per heavy atom. The quantitative estimate of drug-likeness (QED) is 0.690. The van der Waals surface area contributed by atoms with E-state index >= 15 is 0 Å². The molecule has 2 unspecified atom stereocenters. The van der Waals surface area contributed by atoms with Crippen LogP contribution in [-0.4, -0.2) is 36.0 Å². The van der Waals surface area contributed by atoms with Crippen LogP contribution in [0.15, 0.2) is 4.99 Å². The van der Waals surface area contributed by atoms with Gasteiger partial charge in [-0.2, -0.15) is 0 Å². The van der Waals surface area contributed by atoms with Crippen molar-refractivity contribution in [2.24, 2.45) is 10.7 Å². The molecule has 0 saturated carbocycles. The first-order valence-corrected chi connectivity index (χ1v) is 5.71. The van der Waals surface area contributed by atoms with Gasteiger partial charge in [0, 0.05) is 18.2 Å². The third-order valence-electron chi connectivity index (χ3n) is 2.08. The summed E-state index contributed by atoms with van der Waals surface area (Å²) in [5.74, 6) is -0.157. The zero-order valence-electron chi connectivity index (χ0n) is 8.31. The minimum atomic E-state index is -0.157. The Hall–Kier alpha value is -0.550. The molecule has 14 heavy (non-hydrogen) atoms. The van der Waals surface area contributed by atoms with Crippen LogP contribution in [0.1, 0.15) is 19.8 Å². The molecule has 4 nitrogen and oxygen atoms in total. The maximum atomic E-state index is 11.1. The summed E-state index contributed by atoms with van der Waals surface area (Å²) in [6.07, 6.45) is 1.29. The van der Waals surface area contributed by atoms with Crippen LogP contribution < -0.4 is 5.73 Å². The van der Waals surface area contributed by atoms with E-state index in [9.17, 15) is 4.79 Å². The molecule has 2 N–H and O–H groups in total. The minimum Gasteiger partial charge on any atom is -0.464 e. The Kier molecular flexibility index (Phi) is 4.97. The van der Waals surface area contributed by atoms with Crippen molar-refractivity contribution in [3.63, 3.8) is 0 Å². The number of carbonyl (C=O) groups is 1. The van der Waals surface area contributed by atoms with Gasteiger partial charge in [0.2, 0.25) is 0 Å². The summed E-state index contributed by atoms with van der Waals surface area (Å²) in [5, 5.41) is 0.431. The zero-order chi connectivity index (χ0) is 10.4. The maximum Gasteiger partial charge on any atom is 0.305 e. The highest BCUT2D eigenvalue weighted by molar-refractivity contribution is 8.12. The fourth-order valence-electron chi connectivity index (χ4n) is 1.23. The molecule has 5 heteroatoms. The SMILES string of the molecule is CC1N=CSC1CCC(=O)OCCN. The molecule has 0 amide bonds. The highest BCUT2D eigenvalue weighted by atomic mass is 32.2. The van der Waals surface area contributed by atoms with Crippen molar-refractivity contribution in [3.8, 4) is 0 Å². The Morgan fingerprint density at radius 1 is 1.71 bits per heavy atom. The number of thioether (sulfide) groups is 1. The molecule has 80 valence electrons. The van der Waals surface area contributed by atoms with Crippen molar-refractivity contribution in [2.75, 3.05) is 13.2 Å². The van der Waals surface area contributed by atoms with E-state index in [-0.39, 0.29) is 5.97 Å². The predicted molar refractivity (Wildman–Crippen MR) is 58.6 cm³/mol. The van der Waals surface area contributed by atoms with Crippen LogP contribution in [0.4, 0.5) is 0 Å². The second-order valence-electron chi connectivity index (χ2n) is 3.22. The number of hydrogen-bond donors (Lipinski definition) is 1. The van der Waals surface area contributed by atoms with Gasteiger partial charge >= 0.3 is 5.97 Å². The lowest BCUT2D eigenvalue weighted by Crippen LogP contribution is -2.18. The van der Waals surface area contributed by atoms with E-state index in [1.54, 1.807) is 11.8 Å². The first kappa shape index (κ1) is 11.5. The fraction of sp³-hybridized carbons (Fsp3) is 0.778. The molecule has 1 aliphatic rings. The normalized spacial score (nSPS) is 25.3. The molecule has 0 saturated heterocycles. The second kappa shape index (κ2) is 6.03. The lowest BCUT2D eigenvalue weighted by Gasteiger charge is -2.11. The third kappa shape index (κ3) is 3.67. The number of esters is 1. The molecule has 1 aliphatic heterocycles. The number of carbonyl (C=O) groups excluding carboxylic acids is 1. The largest absolute Gasteiger partial charge is 0.464 e. The number of nitrogens with two attached hydrogens (primary N) is 1. The van der Waals surface area contributed by atoms with Gasteiger partial charge in [0.1, 0.15) is 6.61 Å². The number of aliphatic imine (C=N–C) groups is 1. The van der Waals surface area contributed by atoms with Crippen LogP contribution in [0.2, 0.25) is 0 Å². The van der Waals surface area contributed by atoms with Crippen molar-refractivity contribution >= 4 is 23.3 Å². The molecule has 0 aromatic rings. The number of ether oxygens (including phenoxy) is 1. The Balaban J connectivity index is 2.11. The summed E-state index contributed by atoms with van der Waals surface area (Å²) in [5.41, 5.74) is 7.08. The predicted octanol–water partition coefficient (Wildman–Crippen LogP) is 0.801. The van der Waals surface area contributed by atoms with E-state index in [1.165, 1.54) is 0 Å². The van der Waals surface area contributed by atoms with Crippen molar-refractivity contribution in [1.82, 2.24) is 0 Å². The van der Waals surface area contributed by atoms with Crippen LogP contribution in [0.5, 0.6) is 0 Å². The topological polar surface area (TPSA) is 64.7 Å². The van der Waals surface area contributed by atoms with Gasteiger partial charge in [0.25, 0.3) is 0 Å². The average Bonchev–Trinajstić information content (AvgIpc) is 2.58. The molecule has 1 rings (SSSR count). The summed E-state index contributed by atoms with van der Waals surface area (Å²) in [7, 11) is 0. The summed E-state index contributed by atoms with van der Waals surface area (Å²) in [6, 6.07) is 0.322. The van der Waals surface area contributed by atoms with Crippen molar-refractivity contribution in [1.29, 1.82) is 0 Å². The first-order valence-electron chi connectivity index (χ1n) is 4.77. The first-order chi connectivity index (χ1) is 6.74. The Labute approximate surface area is 88.3 Å². The van der Waals surface area contributed by atoms with E-state index < -0.39 is 0 Å². The Bertz CT molecular complexity index is 221. The monoisotopic (exact) mass is 216 g/mol. The van der Waals surface area contributed by atoms with E-state index in [0.29, 0.717) is 30.9 Å². The second-order valence-corrected chi connectivity index (χ2v) is 4.31. The summed E-state index contributed by atoms with van der Waals surface area (Å²) in [4.78, 5) is 15.4. The molecule has 0 aliphatic carbocycles. The molecule has 1 heterocycles. The average molecular weight is 216 g/mol. The standard InChI is InChI=1S/C9H16N2O2S/c1-7-8(14-6-11-7)2-3-9(12)13-5-4-10/h6-8H,2-5,10H2,1H3. The van der Waals surface area contributed by atoms with Gasteiger partial charge in [0.05, 0.1) is 11.6 Å². The van der Waals surface area contributed by atoms with Crippen LogP contribution in [-0.2, 0) is 9.53 Å². The van der Waals surface area contributed by atoms with E-state index in [1.807, 2.05) is 5.55 Å². The van der Waals surface area contributed by atoms with Crippen molar-refractivity contribution in [2.45, 2.75) is 31.1 Å². The van der Waals surface area contributed by atoms with Crippen LogP contribution in [0, 0.1) is 0 Å². The van der Waals surface area contributed by atoms with Gasteiger partial charge in [-0.25, -0.2) is 0 Å². The molecule has 2 atom stereocenters. The van der Waals surface area contributed by atoms with E-state index in [4.69, 9.17) is 10.5 Å². The lowest BCUT2D eigenvalue weighted by molar-refractivity contribution is -0.143. The van der Waals surface area contributed by atoms with Crippen LogP contribution in [0.3, 0.4) is 0 Å². The van der Waals surface area contributed by atoms with Gasteiger partial charge in [-0.1, -0.05) is 0 Å². The molecule has 0 radical (unpaired) electrons.